The molecule has 0 aliphatic heterocycles. The topological polar surface area (TPSA) is 93.7 Å². The molecule has 0 radical (unpaired) electrons. The summed E-state index contributed by atoms with van der Waals surface area (Å²) in [5, 5.41) is 5.31. The summed E-state index contributed by atoms with van der Waals surface area (Å²) in [4.78, 5) is 35.5. The first-order chi connectivity index (χ1) is 13.7. The molecule has 7 nitrogen and oxygen atoms in total. The first-order valence-corrected chi connectivity index (χ1v) is 9.37. The highest BCUT2D eigenvalue weighted by Gasteiger charge is 2.19. The van der Waals surface area contributed by atoms with Crippen molar-refractivity contribution in [1.82, 2.24) is 0 Å². The number of hydrogen-bond donors (Lipinski definition) is 2. The molecule has 2 aromatic rings. The molecule has 29 heavy (non-hydrogen) atoms. The Balaban J connectivity index is 1.88. The first kappa shape index (κ1) is 21.9. The minimum Gasteiger partial charge on any atom is -0.493 e. The number of benzene rings is 2. The van der Waals surface area contributed by atoms with E-state index >= 15 is 0 Å². The highest BCUT2D eigenvalue weighted by atomic mass is 16.5. The molecule has 0 spiro atoms. The van der Waals surface area contributed by atoms with Crippen LogP contribution in [-0.2, 0) is 14.3 Å². The molecule has 7 heteroatoms. The monoisotopic (exact) mass is 398 g/mol. The van der Waals surface area contributed by atoms with E-state index in [9.17, 15) is 14.4 Å². The number of ether oxygens (including phenoxy) is 2. The van der Waals surface area contributed by atoms with Gasteiger partial charge in [0.15, 0.2) is 6.10 Å². The van der Waals surface area contributed by atoms with Gasteiger partial charge < -0.3 is 20.1 Å². The summed E-state index contributed by atoms with van der Waals surface area (Å²) in [5.41, 5.74) is 1.48. The predicted octanol–water partition coefficient (Wildman–Crippen LogP) is 3.86. The summed E-state index contributed by atoms with van der Waals surface area (Å²) < 4.78 is 10.8. The van der Waals surface area contributed by atoms with Gasteiger partial charge in [0.25, 0.3) is 5.91 Å². The molecule has 0 aliphatic carbocycles. The first-order valence-electron chi connectivity index (χ1n) is 9.37. The van der Waals surface area contributed by atoms with Crippen LogP contribution < -0.4 is 15.4 Å². The average molecular weight is 398 g/mol. The van der Waals surface area contributed by atoms with Crippen LogP contribution in [0.15, 0.2) is 48.5 Å². The summed E-state index contributed by atoms with van der Waals surface area (Å²) in [6, 6.07) is 13.2. The Labute approximate surface area is 170 Å². The van der Waals surface area contributed by atoms with Crippen LogP contribution in [0.25, 0.3) is 0 Å². The predicted molar refractivity (Wildman–Crippen MR) is 111 cm³/mol. The summed E-state index contributed by atoms with van der Waals surface area (Å²) in [7, 11) is 0. The van der Waals surface area contributed by atoms with E-state index in [1.165, 1.54) is 13.8 Å². The highest BCUT2D eigenvalue weighted by Crippen LogP contribution is 2.16. The molecular weight excluding hydrogens is 372 g/mol. The Bertz CT molecular complexity index is 845. The summed E-state index contributed by atoms with van der Waals surface area (Å²) in [6.45, 7) is 7.61. The standard InChI is InChI=1S/C22H26N2O5/c1-14(2)13-28-20-11-5-17(6-12-20)22(27)29-15(3)21(26)24-19-9-7-18(8-10-19)23-16(4)25/h5-12,14-15H,13H2,1-4H3,(H,23,25)(H,24,26). The molecule has 0 aliphatic rings. The van der Waals surface area contributed by atoms with Gasteiger partial charge in [0, 0.05) is 18.3 Å². The lowest BCUT2D eigenvalue weighted by molar-refractivity contribution is -0.123. The molecule has 2 N–H and O–H groups in total. The minimum atomic E-state index is -0.977. The smallest absolute Gasteiger partial charge is 0.338 e. The molecule has 0 fully saturated rings. The molecular formula is C22H26N2O5. The zero-order valence-electron chi connectivity index (χ0n) is 17.0. The van der Waals surface area contributed by atoms with Gasteiger partial charge in [0.1, 0.15) is 5.75 Å². The Morgan fingerprint density at radius 3 is 1.93 bits per heavy atom. The number of esters is 1. The van der Waals surface area contributed by atoms with Crippen LogP contribution in [0.4, 0.5) is 11.4 Å². The molecule has 0 aromatic heterocycles. The summed E-state index contributed by atoms with van der Waals surface area (Å²) >= 11 is 0. The van der Waals surface area contributed by atoms with Gasteiger partial charge in [-0.3, -0.25) is 9.59 Å². The number of nitrogens with one attached hydrogen (secondary N) is 2. The van der Waals surface area contributed by atoms with Gasteiger partial charge in [-0.05, 0) is 61.4 Å². The molecule has 154 valence electrons. The fourth-order valence-electron chi connectivity index (χ4n) is 2.32. The number of carbonyl (C=O) groups excluding carboxylic acids is 3. The zero-order chi connectivity index (χ0) is 21.4. The zero-order valence-corrected chi connectivity index (χ0v) is 17.0. The molecule has 0 saturated heterocycles. The number of carbonyl (C=O) groups is 3. The molecule has 0 bridgehead atoms. The van der Waals surface area contributed by atoms with Gasteiger partial charge >= 0.3 is 5.97 Å². The van der Waals surface area contributed by atoms with Crippen LogP contribution in [0.5, 0.6) is 5.75 Å². The maximum absolute atomic E-state index is 12.3. The summed E-state index contributed by atoms with van der Waals surface area (Å²) in [6.07, 6.45) is -0.977. The van der Waals surface area contributed by atoms with E-state index in [0.717, 1.165) is 0 Å². The van der Waals surface area contributed by atoms with E-state index in [-0.39, 0.29) is 5.91 Å². The fraction of sp³-hybridized carbons (Fsp3) is 0.318. The van der Waals surface area contributed by atoms with E-state index in [1.807, 2.05) is 0 Å². The van der Waals surface area contributed by atoms with E-state index < -0.39 is 18.0 Å². The van der Waals surface area contributed by atoms with Crippen molar-refractivity contribution in [3.8, 4) is 5.75 Å². The Kier molecular flexibility index (Phi) is 7.77. The van der Waals surface area contributed by atoms with Crippen LogP contribution >= 0.6 is 0 Å². The van der Waals surface area contributed by atoms with Crippen LogP contribution in [0.2, 0.25) is 0 Å². The van der Waals surface area contributed by atoms with Crippen molar-refractivity contribution in [2.75, 3.05) is 17.2 Å². The normalized spacial score (nSPS) is 11.5. The number of hydrogen-bond acceptors (Lipinski definition) is 5. The maximum atomic E-state index is 12.3. The lowest BCUT2D eigenvalue weighted by Crippen LogP contribution is -2.30. The van der Waals surface area contributed by atoms with Gasteiger partial charge in [0.2, 0.25) is 5.91 Å². The quantitative estimate of drug-likeness (QED) is 0.659. The van der Waals surface area contributed by atoms with Crippen LogP contribution in [0.1, 0.15) is 38.1 Å². The molecule has 0 saturated carbocycles. The lowest BCUT2D eigenvalue weighted by atomic mass is 10.2. The van der Waals surface area contributed by atoms with Gasteiger partial charge in [-0.1, -0.05) is 13.8 Å². The third-order valence-electron chi connectivity index (χ3n) is 3.80. The Hall–Kier alpha value is -3.35. The van der Waals surface area contributed by atoms with Crippen LogP contribution in [0.3, 0.4) is 0 Å². The van der Waals surface area contributed by atoms with E-state index in [2.05, 4.69) is 24.5 Å². The molecule has 2 rings (SSSR count). The van der Waals surface area contributed by atoms with Crippen LogP contribution in [-0.4, -0.2) is 30.5 Å². The van der Waals surface area contributed by atoms with Crippen molar-refractivity contribution in [3.05, 3.63) is 54.1 Å². The summed E-state index contributed by atoms with van der Waals surface area (Å²) in [5.74, 6) is -0.155. The molecule has 0 heterocycles. The minimum absolute atomic E-state index is 0.179. The van der Waals surface area contributed by atoms with E-state index in [1.54, 1.807) is 48.5 Å². The Morgan fingerprint density at radius 2 is 1.41 bits per heavy atom. The third-order valence-corrected chi connectivity index (χ3v) is 3.80. The van der Waals surface area contributed by atoms with Gasteiger partial charge in [-0.15, -0.1) is 0 Å². The Morgan fingerprint density at radius 1 is 0.862 bits per heavy atom. The number of amides is 2. The molecule has 2 amide bonds. The number of rotatable bonds is 8. The van der Waals surface area contributed by atoms with Crippen molar-refractivity contribution in [1.29, 1.82) is 0 Å². The van der Waals surface area contributed by atoms with E-state index in [0.29, 0.717) is 35.2 Å². The van der Waals surface area contributed by atoms with Crippen molar-refractivity contribution in [3.63, 3.8) is 0 Å². The highest BCUT2D eigenvalue weighted by molar-refractivity contribution is 5.97. The van der Waals surface area contributed by atoms with Crippen molar-refractivity contribution < 1.29 is 23.9 Å². The fourth-order valence-corrected chi connectivity index (χ4v) is 2.32. The van der Waals surface area contributed by atoms with Gasteiger partial charge in [-0.2, -0.15) is 0 Å². The maximum Gasteiger partial charge on any atom is 0.338 e. The molecule has 2 aromatic carbocycles. The van der Waals surface area contributed by atoms with Gasteiger partial charge in [0.05, 0.1) is 12.2 Å². The third kappa shape index (κ3) is 7.29. The van der Waals surface area contributed by atoms with Crippen molar-refractivity contribution in [2.24, 2.45) is 5.92 Å². The van der Waals surface area contributed by atoms with E-state index in [4.69, 9.17) is 9.47 Å². The average Bonchev–Trinajstić information content (AvgIpc) is 2.67. The van der Waals surface area contributed by atoms with Crippen molar-refractivity contribution in [2.45, 2.75) is 33.8 Å². The largest absolute Gasteiger partial charge is 0.493 e. The van der Waals surface area contributed by atoms with Gasteiger partial charge in [-0.25, -0.2) is 4.79 Å². The van der Waals surface area contributed by atoms with Crippen molar-refractivity contribution >= 4 is 29.2 Å². The molecule has 1 atom stereocenters. The second-order valence-electron chi connectivity index (χ2n) is 7.02. The SMILES string of the molecule is CC(=O)Nc1ccc(NC(=O)C(C)OC(=O)c2ccc(OCC(C)C)cc2)cc1. The second kappa shape index (κ2) is 10.3. The second-order valence-corrected chi connectivity index (χ2v) is 7.02. The molecule has 1 unspecified atom stereocenters. The van der Waals surface area contributed by atoms with Crippen LogP contribution in [0, 0.1) is 5.92 Å². The number of anilines is 2. The lowest BCUT2D eigenvalue weighted by Gasteiger charge is -2.14.